The van der Waals surface area contributed by atoms with E-state index in [0.717, 1.165) is 18.2 Å². The molecule has 0 saturated carbocycles. The zero-order valence-corrected chi connectivity index (χ0v) is 22.5. The van der Waals surface area contributed by atoms with Crippen LogP contribution < -0.4 is 14.8 Å². The quantitative estimate of drug-likeness (QED) is 0.263. The highest BCUT2D eigenvalue weighted by Crippen LogP contribution is 2.36. The van der Waals surface area contributed by atoms with Crippen LogP contribution in [0.5, 0.6) is 11.6 Å². The molecule has 0 unspecified atom stereocenters. The topological polar surface area (TPSA) is 145 Å². The van der Waals surface area contributed by atoms with Crippen LogP contribution in [0, 0.1) is 22.9 Å². The Balaban J connectivity index is 2.20. The van der Waals surface area contributed by atoms with Gasteiger partial charge in [0.05, 0.1) is 10.6 Å². The van der Waals surface area contributed by atoms with Crippen LogP contribution in [0.15, 0.2) is 47.4 Å². The average Bonchev–Trinajstić information content (AvgIpc) is 3.19. The SMILES string of the molecule is CC[C@H](C)NC(=O)c1nn(-c2cccc(F)c2)c(Oc2ccc([N+](=O)[O-])cc2S(=O)(=O)N[C@@H](C)CC)c1C. The molecule has 0 bridgehead atoms. The van der Waals surface area contributed by atoms with Gasteiger partial charge in [-0.1, -0.05) is 19.9 Å². The Labute approximate surface area is 220 Å². The molecule has 11 nitrogen and oxygen atoms in total. The zero-order valence-electron chi connectivity index (χ0n) is 21.7. The molecule has 3 rings (SSSR count). The molecule has 1 heterocycles. The number of nitro benzene ring substituents is 1. The molecule has 13 heteroatoms. The minimum Gasteiger partial charge on any atom is -0.437 e. The Morgan fingerprint density at radius 2 is 1.84 bits per heavy atom. The smallest absolute Gasteiger partial charge is 0.272 e. The number of carbonyl (C=O) groups excluding carboxylic acids is 1. The third-order valence-electron chi connectivity index (χ3n) is 5.93. The molecule has 0 aliphatic carbocycles. The van der Waals surface area contributed by atoms with Crippen LogP contribution >= 0.6 is 0 Å². The van der Waals surface area contributed by atoms with Crippen LogP contribution in [-0.4, -0.2) is 41.1 Å². The molecule has 1 aromatic heterocycles. The first kappa shape index (κ1) is 28.7. The third-order valence-corrected chi connectivity index (χ3v) is 7.54. The summed E-state index contributed by atoms with van der Waals surface area (Å²) >= 11 is 0. The van der Waals surface area contributed by atoms with E-state index in [2.05, 4.69) is 15.1 Å². The van der Waals surface area contributed by atoms with Crippen LogP contribution in [0.2, 0.25) is 0 Å². The minimum absolute atomic E-state index is 0.00592. The number of nitro groups is 1. The van der Waals surface area contributed by atoms with Gasteiger partial charge in [-0.15, -0.1) is 0 Å². The van der Waals surface area contributed by atoms with Crippen LogP contribution in [-0.2, 0) is 10.0 Å². The molecular weight excluding hydrogens is 517 g/mol. The van der Waals surface area contributed by atoms with Gasteiger partial charge in [-0.3, -0.25) is 14.9 Å². The maximum atomic E-state index is 14.1. The Bertz CT molecular complexity index is 1460. The van der Waals surface area contributed by atoms with Gasteiger partial charge in [0, 0.05) is 29.8 Å². The van der Waals surface area contributed by atoms with Crippen molar-refractivity contribution >= 4 is 21.6 Å². The summed E-state index contributed by atoms with van der Waals surface area (Å²) in [6.07, 6.45) is 1.15. The third kappa shape index (κ3) is 6.34. The summed E-state index contributed by atoms with van der Waals surface area (Å²) in [6, 6.07) is 7.95. The van der Waals surface area contributed by atoms with E-state index in [-0.39, 0.29) is 34.6 Å². The van der Waals surface area contributed by atoms with Crippen molar-refractivity contribution in [1.82, 2.24) is 19.8 Å². The van der Waals surface area contributed by atoms with Gasteiger partial charge in [0.15, 0.2) is 5.69 Å². The van der Waals surface area contributed by atoms with Crippen molar-refractivity contribution in [3.63, 3.8) is 0 Å². The largest absolute Gasteiger partial charge is 0.437 e. The van der Waals surface area contributed by atoms with Gasteiger partial charge < -0.3 is 10.1 Å². The van der Waals surface area contributed by atoms with E-state index in [1.54, 1.807) is 20.8 Å². The average molecular weight is 548 g/mol. The predicted octanol–water partition coefficient (Wildman–Crippen LogP) is 4.63. The fourth-order valence-electron chi connectivity index (χ4n) is 3.41. The molecule has 2 aromatic carbocycles. The number of non-ortho nitro benzene ring substituents is 1. The maximum absolute atomic E-state index is 14.1. The number of hydrogen-bond acceptors (Lipinski definition) is 7. The number of nitrogens with zero attached hydrogens (tertiary/aromatic N) is 3. The Morgan fingerprint density at radius 1 is 1.16 bits per heavy atom. The standard InChI is InChI=1S/C25H30FN5O6S/c1-6-15(3)27-24(32)23-17(5)25(30(28-23)19-10-8-9-18(26)13-19)37-21-12-11-20(31(33)34)14-22(21)38(35,36)29-16(4)7-2/h8-16,29H,6-7H2,1-5H3,(H,27,32)/t15-,16-/m0/s1. The highest BCUT2D eigenvalue weighted by molar-refractivity contribution is 7.89. The molecule has 0 aliphatic heterocycles. The number of aromatic nitrogens is 2. The van der Waals surface area contributed by atoms with Gasteiger partial charge in [0.2, 0.25) is 15.9 Å². The van der Waals surface area contributed by atoms with E-state index >= 15 is 0 Å². The molecule has 2 N–H and O–H groups in total. The van der Waals surface area contributed by atoms with Gasteiger partial charge in [0.1, 0.15) is 16.5 Å². The second-order valence-corrected chi connectivity index (χ2v) is 10.6. The molecule has 0 spiro atoms. The van der Waals surface area contributed by atoms with Crippen molar-refractivity contribution in [2.45, 2.75) is 64.4 Å². The zero-order chi connectivity index (χ0) is 28.2. The Hall–Kier alpha value is -3.84. The van der Waals surface area contributed by atoms with E-state index < -0.39 is 43.3 Å². The first-order chi connectivity index (χ1) is 17.9. The van der Waals surface area contributed by atoms with Crippen LogP contribution in [0.1, 0.15) is 56.6 Å². The molecule has 1 amide bonds. The van der Waals surface area contributed by atoms with Crippen molar-refractivity contribution in [3.05, 3.63) is 69.7 Å². The molecule has 3 aromatic rings. The molecule has 38 heavy (non-hydrogen) atoms. The second kappa shape index (κ2) is 11.7. The number of hydrogen-bond donors (Lipinski definition) is 2. The highest BCUT2D eigenvalue weighted by atomic mass is 32.2. The number of carbonyl (C=O) groups is 1. The molecule has 2 atom stereocenters. The van der Waals surface area contributed by atoms with Crippen molar-refractivity contribution in [3.8, 4) is 17.3 Å². The lowest BCUT2D eigenvalue weighted by atomic mass is 10.2. The summed E-state index contributed by atoms with van der Waals surface area (Å²) in [6.45, 7) is 8.72. The van der Waals surface area contributed by atoms with E-state index in [4.69, 9.17) is 4.74 Å². The van der Waals surface area contributed by atoms with Gasteiger partial charge in [-0.25, -0.2) is 17.5 Å². The summed E-state index contributed by atoms with van der Waals surface area (Å²) in [4.78, 5) is 23.2. The lowest BCUT2D eigenvalue weighted by Crippen LogP contribution is -2.32. The number of nitrogens with one attached hydrogen (secondary N) is 2. The van der Waals surface area contributed by atoms with Gasteiger partial charge in [-0.05, 0) is 57.9 Å². The van der Waals surface area contributed by atoms with E-state index in [9.17, 15) is 27.7 Å². The molecule has 0 aliphatic rings. The fraction of sp³-hybridized carbons (Fsp3) is 0.360. The fourth-order valence-corrected chi connectivity index (χ4v) is 4.89. The van der Waals surface area contributed by atoms with Crippen molar-refractivity contribution in [2.75, 3.05) is 0 Å². The summed E-state index contributed by atoms with van der Waals surface area (Å²) < 4.78 is 50.1. The van der Waals surface area contributed by atoms with Crippen molar-refractivity contribution < 1.29 is 27.3 Å². The predicted molar refractivity (Wildman–Crippen MR) is 139 cm³/mol. The number of ether oxygens (including phenoxy) is 1. The molecule has 0 radical (unpaired) electrons. The summed E-state index contributed by atoms with van der Waals surface area (Å²) in [5, 5.41) is 18.6. The number of amides is 1. The molecular formula is C25H30FN5O6S. The van der Waals surface area contributed by atoms with Crippen molar-refractivity contribution in [1.29, 1.82) is 0 Å². The summed E-state index contributed by atoms with van der Waals surface area (Å²) in [5.74, 6) is -1.35. The monoisotopic (exact) mass is 547 g/mol. The normalized spacial score (nSPS) is 13.1. The van der Waals surface area contributed by atoms with Gasteiger partial charge in [-0.2, -0.15) is 9.78 Å². The highest BCUT2D eigenvalue weighted by Gasteiger charge is 2.29. The van der Waals surface area contributed by atoms with Crippen LogP contribution in [0.3, 0.4) is 0 Å². The maximum Gasteiger partial charge on any atom is 0.272 e. The first-order valence-electron chi connectivity index (χ1n) is 12.0. The lowest BCUT2D eigenvalue weighted by molar-refractivity contribution is -0.385. The molecule has 204 valence electrons. The Morgan fingerprint density at radius 3 is 2.45 bits per heavy atom. The number of benzene rings is 2. The van der Waals surface area contributed by atoms with Crippen LogP contribution in [0.25, 0.3) is 5.69 Å². The molecule has 0 saturated heterocycles. The lowest BCUT2D eigenvalue weighted by Gasteiger charge is -2.16. The van der Waals surface area contributed by atoms with E-state index in [1.165, 1.54) is 28.9 Å². The second-order valence-electron chi connectivity index (χ2n) is 8.87. The number of sulfonamides is 1. The summed E-state index contributed by atoms with van der Waals surface area (Å²) in [5.41, 5.74) is 0.0147. The number of halogens is 1. The molecule has 0 fully saturated rings. The van der Waals surface area contributed by atoms with E-state index in [1.807, 2.05) is 13.8 Å². The first-order valence-corrected chi connectivity index (χ1v) is 13.5. The summed E-state index contributed by atoms with van der Waals surface area (Å²) in [7, 11) is -4.25. The Kier molecular flexibility index (Phi) is 8.84. The van der Waals surface area contributed by atoms with Crippen LogP contribution in [0.4, 0.5) is 10.1 Å². The number of rotatable bonds is 11. The van der Waals surface area contributed by atoms with Crippen molar-refractivity contribution in [2.24, 2.45) is 0 Å². The van der Waals surface area contributed by atoms with E-state index in [0.29, 0.717) is 12.8 Å². The van der Waals surface area contributed by atoms with Gasteiger partial charge >= 0.3 is 0 Å². The van der Waals surface area contributed by atoms with Gasteiger partial charge in [0.25, 0.3) is 11.6 Å². The minimum atomic E-state index is -4.25.